The van der Waals surface area contributed by atoms with Crippen molar-refractivity contribution >= 4 is 28.9 Å². The monoisotopic (exact) mass is 334 g/mol. The molecule has 0 aliphatic carbocycles. The van der Waals surface area contributed by atoms with Crippen molar-refractivity contribution in [2.45, 2.75) is 33.1 Å². The maximum absolute atomic E-state index is 6.06. The highest BCUT2D eigenvalue weighted by molar-refractivity contribution is 6.31. The third-order valence-electron chi connectivity index (χ3n) is 3.35. The standard InChI is InChI=1S/C17H23ClN4O/c1-4-5-6-9-19-16-11-17(21-12(2)20-16)22-14-10-13(18)7-8-15(14)23-3/h7-8,10-11H,4-6,9H2,1-3H3,(H2,19,20,21,22). The summed E-state index contributed by atoms with van der Waals surface area (Å²) in [7, 11) is 1.63. The topological polar surface area (TPSA) is 59.1 Å². The summed E-state index contributed by atoms with van der Waals surface area (Å²) in [5.74, 6) is 2.94. The van der Waals surface area contributed by atoms with Gasteiger partial charge in [0.25, 0.3) is 0 Å². The Balaban J connectivity index is 2.13. The number of rotatable bonds is 8. The highest BCUT2D eigenvalue weighted by atomic mass is 35.5. The molecule has 0 spiro atoms. The first-order chi connectivity index (χ1) is 11.1. The number of nitrogens with zero attached hydrogens (tertiary/aromatic N) is 2. The molecule has 0 radical (unpaired) electrons. The summed E-state index contributed by atoms with van der Waals surface area (Å²) < 4.78 is 5.34. The molecule has 2 rings (SSSR count). The molecule has 5 nitrogen and oxygen atoms in total. The number of anilines is 3. The van der Waals surface area contributed by atoms with Gasteiger partial charge < -0.3 is 15.4 Å². The second-order valence-electron chi connectivity index (χ2n) is 5.29. The molecule has 1 heterocycles. The van der Waals surface area contributed by atoms with Crippen LogP contribution in [0.25, 0.3) is 0 Å². The fraction of sp³-hybridized carbons (Fsp3) is 0.412. The van der Waals surface area contributed by atoms with E-state index in [0.29, 0.717) is 22.4 Å². The number of hydrogen-bond acceptors (Lipinski definition) is 5. The number of nitrogens with one attached hydrogen (secondary N) is 2. The van der Waals surface area contributed by atoms with Crippen LogP contribution in [0.4, 0.5) is 17.3 Å². The number of benzene rings is 1. The molecular formula is C17H23ClN4O. The Labute approximate surface area is 142 Å². The van der Waals surface area contributed by atoms with Crippen LogP contribution >= 0.6 is 11.6 Å². The second-order valence-corrected chi connectivity index (χ2v) is 5.73. The Morgan fingerprint density at radius 3 is 2.65 bits per heavy atom. The van der Waals surface area contributed by atoms with Gasteiger partial charge in [0.2, 0.25) is 0 Å². The molecule has 0 fully saturated rings. The Hall–Kier alpha value is -2.01. The Kier molecular flexibility index (Phi) is 6.47. The molecule has 0 saturated heterocycles. The minimum absolute atomic E-state index is 0.636. The van der Waals surface area contributed by atoms with Crippen molar-refractivity contribution in [3.05, 3.63) is 35.1 Å². The van der Waals surface area contributed by atoms with E-state index in [0.717, 1.165) is 24.5 Å². The first-order valence-electron chi connectivity index (χ1n) is 7.82. The van der Waals surface area contributed by atoms with E-state index in [1.165, 1.54) is 12.8 Å². The van der Waals surface area contributed by atoms with Gasteiger partial charge in [-0.3, -0.25) is 0 Å². The van der Waals surface area contributed by atoms with Crippen molar-refractivity contribution in [1.29, 1.82) is 0 Å². The van der Waals surface area contributed by atoms with Gasteiger partial charge in [-0.15, -0.1) is 0 Å². The van der Waals surface area contributed by atoms with Gasteiger partial charge in [0.15, 0.2) is 0 Å². The van der Waals surface area contributed by atoms with Gasteiger partial charge in [0, 0.05) is 17.6 Å². The molecule has 0 bridgehead atoms. The van der Waals surface area contributed by atoms with Crippen LogP contribution in [0.1, 0.15) is 32.0 Å². The van der Waals surface area contributed by atoms with E-state index < -0.39 is 0 Å². The number of ether oxygens (including phenoxy) is 1. The number of unbranched alkanes of at least 4 members (excludes halogenated alkanes) is 2. The third kappa shape index (κ3) is 5.28. The predicted molar refractivity (Wildman–Crippen MR) is 96.1 cm³/mol. The first kappa shape index (κ1) is 17.3. The van der Waals surface area contributed by atoms with E-state index in [9.17, 15) is 0 Å². The molecule has 124 valence electrons. The number of methoxy groups -OCH3 is 1. The third-order valence-corrected chi connectivity index (χ3v) is 3.58. The zero-order chi connectivity index (χ0) is 16.7. The summed E-state index contributed by atoms with van der Waals surface area (Å²) in [6, 6.07) is 7.31. The highest BCUT2D eigenvalue weighted by Gasteiger charge is 2.07. The van der Waals surface area contributed by atoms with Gasteiger partial charge in [-0.05, 0) is 31.5 Å². The van der Waals surface area contributed by atoms with Crippen LogP contribution in [0, 0.1) is 6.92 Å². The van der Waals surface area contributed by atoms with Crippen molar-refractivity contribution in [2.75, 3.05) is 24.3 Å². The van der Waals surface area contributed by atoms with E-state index >= 15 is 0 Å². The van der Waals surface area contributed by atoms with Gasteiger partial charge in [-0.1, -0.05) is 31.4 Å². The van der Waals surface area contributed by atoms with Crippen LogP contribution in [-0.4, -0.2) is 23.6 Å². The van der Waals surface area contributed by atoms with Crippen molar-refractivity contribution in [3.8, 4) is 5.75 Å². The van der Waals surface area contributed by atoms with Crippen LogP contribution < -0.4 is 15.4 Å². The molecular weight excluding hydrogens is 312 g/mol. The molecule has 6 heteroatoms. The van der Waals surface area contributed by atoms with Gasteiger partial charge in [-0.25, -0.2) is 9.97 Å². The first-order valence-corrected chi connectivity index (χ1v) is 8.20. The van der Waals surface area contributed by atoms with Crippen molar-refractivity contribution in [3.63, 3.8) is 0 Å². The average Bonchev–Trinajstić information content (AvgIpc) is 2.51. The van der Waals surface area contributed by atoms with E-state index in [2.05, 4.69) is 27.5 Å². The number of aromatic nitrogens is 2. The molecule has 23 heavy (non-hydrogen) atoms. The van der Waals surface area contributed by atoms with Gasteiger partial charge in [0.1, 0.15) is 23.2 Å². The van der Waals surface area contributed by atoms with Crippen LogP contribution in [0.3, 0.4) is 0 Å². The van der Waals surface area contributed by atoms with Crippen LogP contribution in [-0.2, 0) is 0 Å². The maximum Gasteiger partial charge on any atom is 0.142 e. The summed E-state index contributed by atoms with van der Waals surface area (Å²) in [5.41, 5.74) is 0.773. The minimum Gasteiger partial charge on any atom is -0.495 e. The molecule has 2 N–H and O–H groups in total. The SMILES string of the molecule is CCCCCNc1cc(Nc2cc(Cl)ccc2OC)nc(C)n1. The lowest BCUT2D eigenvalue weighted by Crippen LogP contribution is -2.06. The van der Waals surface area contributed by atoms with Crippen LogP contribution in [0.5, 0.6) is 5.75 Å². The predicted octanol–water partition coefficient (Wildman–Crippen LogP) is 4.79. The molecule has 0 aliphatic heterocycles. The zero-order valence-electron chi connectivity index (χ0n) is 13.8. The number of hydrogen-bond donors (Lipinski definition) is 2. The quantitative estimate of drug-likeness (QED) is 0.679. The van der Waals surface area contributed by atoms with Gasteiger partial charge in [0.05, 0.1) is 12.8 Å². The Morgan fingerprint density at radius 2 is 1.91 bits per heavy atom. The summed E-state index contributed by atoms with van der Waals surface area (Å²) in [6.07, 6.45) is 3.54. The molecule has 0 saturated carbocycles. The summed E-state index contributed by atoms with van der Waals surface area (Å²) in [4.78, 5) is 8.83. The number of halogens is 1. The summed E-state index contributed by atoms with van der Waals surface area (Å²) in [5, 5.41) is 7.22. The Bertz CT molecular complexity index is 648. The molecule has 0 aliphatic rings. The fourth-order valence-electron chi connectivity index (χ4n) is 2.23. The second kappa shape index (κ2) is 8.58. The lowest BCUT2D eigenvalue weighted by Gasteiger charge is -2.13. The fourth-order valence-corrected chi connectivity index (χ4v) is 2.40. The van der Waals surface area contributed by atoms with Crippen molar-refractivity contribution < 1.29 is 4.74 Å². The van der Waals surface area contributed by atoms with E-state index in [-0.39, 0.29) is 0 Å². The molecule has 0 unspecified atom stereocenters. The lowest BCUT2D eigenvalue weighted by molar-refractivity contribution is 0.417. The Morgan fingerprint density at radius 1 is 1.13 bits per heavy atom. The van der Waals surface area contributed by atoms with E-state index in [1.807, 2.05) is 25.1 Å². The number of aryl methyl sites for hydroxylation is 1. The van der Waals surface area contributed by atoms with Gasteiger partial charge in [-0.2, -0.15) is 0 Å². The van der Waals surface area contributed by atoms with Crippen LogP contribution in [0.15, 0.2) is 24.3 Å². The molecule has 1 aromatic heterocycles. The van der Waals surface area contributed by atoms with Crippen molar-refractivity contribution in [1.82, 2.24) is 9.97 Å². The summed E-state index contributed by atoms with van der Waals surface area (Å²) >= 11 is 6.06. The molecule has 0 amide bonds. The van der Waals surface area contributed by atoms with Crippen LogP contribution in [0.2, 0.25) is 5.02 Å². The van der Waals surface area contributed by atoms with E-state index in [1.54, 1.807) is 13.2 Å². The van der Waals surface area contributed by atoms with E-state index in [4.69, 9.17) is 16.3 Å². The van der Waals surface area contributed by atoms with Crippen molar-refractivity contribution in [2.24, 2.45) is 0 Å². The highest BCUT2D eigenvalue weighted by Crippen LogP contribution is 2.30. The summed E-state index contributed by atoms with van der Waals surface area (Å²) in [6.45, 7) is 4.97. The smallest absolute Gasteiger partial charge is 0.142 e. The zero-order valence-corrected chi connectivity index (χ0v) is 14.6. The molecule has 2 aromatic rings. The largest absolute Gasteiger partial charge is 0.495 e. The maximum atomic E-state index is 6.06. The lowest BCUT2D eigenvalue weighted by atomic mass is 10.2. The molecule has 0 atom stereocenters. The van der Waals surface area contributed by atoms with Gasteiger partial charge >= 0.3 is 0 Å². The molecule has 1 aromatic carbocycles. The normalized spacial score (nSPS) is 10.4. The minimum atomic E-state index is 0.636. The average molecular weight is 335 g/mol.